The highest BCUT2D eigenvalue weighted by molar-refractivity contribution is 5.98. The van der Waals surface area contributed by atoms with Crippen molar-refractivity contribution in [2.24, 2.45) is 29.1 Å². The van der Waals surface area contributed by atoms with Crippen molar-refractivity contribution < 1.29 is 29.0 Å². The zero-order valence-electron chi connectivity index (χ0n) is 25.0. The first-order valence-electron chi connectivity index (χ1n) is 15.8. The molecule has 1 aromatic rings. The maximum absolute atomic E-state index is 13.7. The smallest absolute Gasteiger partial charge is 0.309 e. The molecule has 2 amide bonds. The van der Waals surface area contributed by atoms with Crippen LogP contribution in [0.3, 0.4) is 0 Å². The van der Waals surface area contributed by atoms with Crippen LogP contribution in [-0.2, 0) is 9.59 Å². The number of amides is 2. The van der Waals surface area contributed by atoms with Crippen molar-refractivity contribution in [1.29, 1.82) is 5.26 Å². The van der Waals surface area contributed by atoms with Gasteiger partial charge in [0.1, 0.15) is 17.6 Å². The second-order valence-corrected chi connectivity index (χ2v) is 13.3. The van der Waals surface area contributed by atoms with Gasteiger partial charge in [-0.05, 0) is 88.5 Å². The summed E-state index contributed by atoms with van der Waals surface area (Å²) < 4.78 is 11.7. The van der Waals surface area contributed by atoms with Gasteiger partial charge in [-0.15, -0.1) is 0 Å². The lowest BCUT2D eigenvalue weighted by Gasteiger charge is -2.34. The number of carboxylic acids is 1. The Bertz CT molecular complexity index is 1210. The molecule has 9 nitrogen and oxygen atoms in total. The summed E-state index contributed by atoms with van der Waals surface area (Å²) in [5, 5.41) is 25.8. The van der Waals surface area contributed by atoms with Crippen LogP contribution in [0.1, 0.15) is 106 Å². The average Bonchev–Trinajstić information content (AvgIpc) is 3.49. The summed E-state index contributed by atoms with van der Waals surface area (Å²) >= 11 is 0. The zero-order chi connectivity index (χ0) is 29.9. The molecule has 4 aliphatic carbocycles. The molecule has 1 aromatic carbocycles. The number of aliphatic carboxylic acids is 1. The molecule has 0 radical (unpaired) electrons. The van der Waals surface area contributed by atoms with E-state index in [1.165, 1.54) is 51.7 Å². The molecule has 4 aliphatic rings. The Morgan fingerprint density at radius 2 is 1.69 bits per heavy atom. The van der Waals surface area contributed by atoms with Crippen molar-refractivity contribution in [1.82, 2.24) is 10.6 Å². The molecule has 9 heteroatoms. The van der Waals surface area contributed by atoms with Crippen LogP contribution >= 0.6 is 0 Å². The average molecular weight is 580 g/mol. The molecule has 4 atom stereocenters. The van der Waals surface area contributed by atoms with Gasteiger partial charge in [-0.25, -0.2) is 0 Å². The Labute approximate surface area is 248 Å². The monoisotopic (exact) mass is 579 g/mol. The highest BCUT2D eigenvalue weighted by Crippen LogP contribution is 2.49. The summed E-state index contributed by atoms with van der Waals surface area (Å²) in [5.41, 5.74) is -0.258. The second-order valence-electron chi connectivity index (χ2n) is 13.3. The summed E-state index contributed by atoms with van der Waals surface area (Å²) in [6.45, 7) is 2.47. The minimum atomic E-state index is -0.806. The lowest BCUT2D eigenvalue weighted by atomic mass is 9.75. The Kier molecular flexibility index (Phi) is 9.29. The van der Waals surface area contributed by atoms with E-state index in [0.717, 1.165) is 19.3 Å². The molecule has 0 spiro atoms. The fourth-order valence-electron chi connectivity index (χ4n) is 7.87. The molecule has 228 valence electrons. The number of benzene rings is 1. The second kappa shape index (κ2) is 12.9. The van der Waals surface area contributed by atoms with Gasteiger partial charge >= 0.3 is 5.97 Å². The highest BCUT2D eigenvalue weighted by Gasteiger charge is 2.51. The van der Waals surface area contributed by atoms with E-state index in [-0.39, 0.29) is 64.3 Å². The van der Waals surface area contributed by atoms with Crippen molar-refractivity contribution in [3.8, 4) is 17.6 Å². The van der Waals surface area contributed by atoms with Gasteiger partial charge in [-0.2, -0.15) is 5.26 Å². The van der Waals surface area contributed by atoms with Crippen LogP contribution in [0.5, 0.6) is 11.5 Å². The minimum Gasteiger partial charge on any atom is -0.496 e. The van der Waals surface area contributed by atoms with Gasteiger partial charge in [0.05, 0.1) is 35.7 Å². The number of hydrogen-bond donors (Lipinski definition) is 3. The number of rotatable bonds is 9. The molecular formula is C33H45N3O6. The van der Waals surface area contributed by atoms with Crippen LogP contribution in [-0.4, -0.2) is 48.7 Å². The van der Waals surface area contributed by atoms with Crippen LogP contribution in [0.25, 0.3) is 0 Å². The number of carboxylic acid groups (broad SMARTS) is 1. The Morgan fingerprint density at radius 3 is 2.33 bits per heavy atom. The maximum Gasteiger partial charge on any atom is 0.309 e. The quantitative estimate of drug-likeness (QED) is 0.342. The number of methoxy groups -OCH3 is 1. The first-order valence-corrected chi connectivity index (χ1v) is 15.8. The van der Waals surface area contributed by atoms with Crippen LogP contribution in [0.2, 0.25) is 0 Å². The van der Waals surface area contributed by atoms with E-state index in [0.29, 0.717) is 38.1 Å². The molecule has 0 unspecified atom stereocenters. The van der Waals surface area contributed by atoms with Gasteiger partial charge in [0.25, 0.3) is 5.91 Å². The molecule has 0 heterocycles. The Morgan fingerprint density at radius 1 is 1.00 bits per heavy atom. The number of carbonyl (C=O) groups is 3. The van der Waals surface area contributed by atoms with Crippen LogP contribution < -0.4 is 20.1 Å². The molecule has 0 aliphatic heterocycles. The summed E-state index contributed by atoms with van der Waals surface area (Å²) in [7, 11) is 1.46. The van der Waals surface area contributed by atoms with E-state index in [4.69, 9.17) is 9.47 Å². The van der Waals surface area contributed by atoms with Gasteiger partial charge in [0.2, 0.25) is 5.91 Å². The largest absolute Gasteiger partial charge is 0.496 e. The first kappa shape index (κ1) is 30.2. The van der Waals surface area contributed by atoms with Gasteiger partial charge < -0.3 is 25.2 Å². The predicted octanol–water partition coefficient (Wildman–Crippen LogP) is 5.21. The number of hydrogen-bond acceptors (Lipinski definition) is 6. The van der Waals surface area contributed by atoms with Gasteiger partial charge in [-0.3, -0.25) is 14.4 Å². The fourth-order valence-corrected chi connectivity index (χ4v) is 7.87. The number of nitriles is 1. The zero-order valence-corrected chi connectivity index (χ0v) is 25.0. The topological polar surface area (TPSA) is 138 Å². The van der Waals surface area contributed by atoms with Crippen molar-refractivity contribution in [3.05, 3.63) is 23.3 Å². The SMILES string of the molecule is COc1cc(C#N)c(O[C@H]2CC[C@@](C)(C(=O)O)CC2)cc1C(=O)N[C@@H]1[C@H]2CC[C@H](C2)[C@@H]1C(=O)NCC1CCCCCC1. The molecular weight excluding hydrogens is 534 g/mol. The normalized spacial score (nSPS) is 31.0. The summed E-state index contributed by atoms with van der Waals surface area (Å²) in [6, 6.07) is 4.97. The van der Waals surface area contributed by atoms with E-state index in [9.17, 15) is 24.8 Å². The van der Waals surface area contributed by atoms with E-state index < -0.39 is 11.4 Å². The lowest BCUT2D eigenvalue weighted by molar-refractivity contribution is -0.150. The Hall–Kier alpha value is -3.28. The number of carbonyl (C=O) groups excluding carboxylic acids is 2. The van der Waals surface area contributed by atoms with Crippen molar-refractivity contribution in [2.45, 2.75) is 103 Å². The maximum atomic E-state index is 13.7. The molecule has 0 saturated heterocycles. The van der Waals surface area contributed by atoms with Crippen LogP contribution in [0.15, 0.2) is 12.1 Å². The van der Waals surface area contributed by atoms with Gasteiger partial charge in [0, 0.05) is 18.7 Å². The number of fused-ring (bicyclic) bond motifs is 2. The third kappa shape index (κ3) is 6.38. The molecule has 42 heavy (non-hydrogen) atoms. The summed E-state index contributed by atoms with van der Waals surface area (Å²) in [5.74, 6) is 0.294. The molecule has 0 aromatic heterocycles. The van der Waals surface area contributed by atoms with E-state index >= 15 is 0 Å². The van der Waals surface area contributed by atoms with Gasteiger partial charge in [-0.1, -0.05) is 25.7 Å². The van der Waals surface area contributed by atoms with Gasteiger partial charge in [0.15, 0.2) is 0 Å². The standard InChI is InChI=1S/C33H45N3O6/c1-33(32(39)40)13-11-24(12-14-33)42-26-17-25(27(41-2)16-23(26)18-34)30(37)36-29-22-10-9-21(15-22)28(29)31(38)35-19-20-7-5-3-4-6-8-20/h16-17,20-22,24,28-29H,3-15,19H2,1-2H3,(H,35,38)(H,36,37)(H,39,40)/t21-,22+,24-,28+,29-,33+/m1/s1. The predicted molar refractivity (Wildman–Crippen MR) is 156 cm³/mol. The van der Waals surface area contributed by atoms with Crippen molar-refractivity contribution in [2.75, 3.05) is 13.7 Å². The first-order chi connectivity index (χ1) is 20.2. The molecule has 2 bridgehead atoms. The minimum absolute atomic E-state index is 0.0539. The summed E-state index contributed by atoms with van der Waals surface area (Å²) in [4.78, 5) is 38.9. The lowest BCUT2D eigenvalue weighted by Crippen LogP contribution is -2.50. The van der Waals surface area contributed by atoms with Crippen LogP contribution in [0.4, 0.5) is 0 Å². The molecule has 4 fully saturated rings. The van der Waals surface area contributed by atoms with E-state index in [1.54, 1.807) is 13.0 Å². The number of ether oxygens (including phenoxy) is 2. The third-order valence-electron chi connectivity index (χ3n) is 10.6. The molecule has 5 rings (SSSR count). The number of nitrogens with one attached hydrogen (secondary N) is 2. The molecule has 4 saturated carbocycles. The Balaban J connectivity index is 1.28. The summed E-state index contributed by atoms with van der Waals surface area (Å²) in [6.07, 6.45) is 12.1. The number of nitrogens with zero attached hydrogens (tertiary/aromatic N) is 1. The van der Waals surface area contributed by atoms with Crippen molar-refractivity contribution >= 4 is 17.8 Å². The van der Waals surface area contributed by atoms with Crippen molar-refractivity contribution in [3.63, 3.8) is 0 Å². The van der Waals surface area contributed by atoms with E-state index in [1.807, 2.05) is 0 Å². The highest BCUT2D eigenvalue weighted by atomic mass is 16.5. The fraction of sp³-hybridized carbons (Fsp3) is 0.697. The van der Waals surface area contributed by atoms with Crippen LogP contribution in [0, 0.1) is 40.4 Å². The molecule has 3 N–H and O–H groups in total. The third-order valence-corrected chi connectivity index (χ3v) is 10.6. The van der Waals surface area contributed by atoms with E-state index in [2.05, 4.69) is 16.7 Å².